The topological polar surface area (TPSA) is 36.3 Å². The maximum atomic E-state index is 5.99. The first-order valence-corrected chi connectivity index (χ1v) is 7.28. The summed E-state index contributed by atoms with van der Waals surface area (Å²) in [4.78, 5) is 0. The predicted octanol–water partition coefficient (Wildman–Crippen LogP) is 1.85. The molecule has 0 saturated carbocycles. The second-order valence-corrected chi connectivity index (χ2v) is 6.02. The molecule has 0 aliphatic carbocycles. The van der Waals surface area contributed by atoms with E-state index in [1.807, 2.05) is 25.0 Å². The number of rotatable bonds is 2. The molecule has 1 aromatic rings. The third-order valence-electron chi connectivity index (χ3n) is 3.50. The fraction of sp³-hybridized carbons (Fsp3) is 0.750. The largest absolute Gasteiger partial charge is 0.487 e. The first kappa shape index (κ1) is 11.4. The Balaban J connectivity index is 1.64. The maximum Gasteiger partial charge on any atom is 0.157 e. The van der Waals surface area contributed by atoms with Crippen LogP contribution in [-0.4, -0.2) is 39.6 Å². The lowest BCUT2D eigenvalue weighted by Crippen LogP contribution is -2.43. The zero-order valence-electron chi connectivity index (χ0n) is 10.1. The molecule has 2 aliphatic rings. The SMILES string of the molecule is Cn1cc(OC2CCOC3(CCSC3)C2)cn1. The number of hydrogen-bond donors (Lipinski definition) is 0. The average molecular weight is 254 g/mol. The minimum absolute atomic E-state index is 0.0930. The molecule has 1 aromatic heterocycles. The zero-order chi connectivity index (χ0) is 11.7. The molecule has 0 N–H and O–H groups in total. The van der Waals surface area contributed by atoms with E-state index < -0.39 is 0 Å². The van der Waals surface area contributed by atoms with Crippen molar-refractivity contribution >= 4 is 11.8 Å². The first-order chi connectivity index (χ1) is 8.26. The van der Waals surface area contributed by atoms with E-state index in [1.165, 1.54) is 12.2 Å². The van der Waals surface area contributed by atoms with Crippen LogP contribution in [0.4, 0.5) is 0 Å². The van der Waals surface area contributed by atoms with Crippen LogP contribution >= 0.6 is 11.8 Å². The summed E-state index contributed by atoms with van der Waals surface area (Å²) in [7, 11) is 1.91. The van der Waals surface area contributed by atoms with Gasteiger partial charge in [-0.05, 0) is 12.2 Å². The normalized spacial score (nSPS) is 33.1. The van der Waals surface area contributed by atoms with Gasteiger partial charge >= 0.3 is 0 Å². The lowest BCUT2D eigenvalue weighted by molar-refractivity contribution is -0.0959. The Kier molecular flexibility index (Phi) is 3.04. The second-order valence-electron chi connectivity index (χ2n) is 4.92. The highest BCUT2D eigenvalue weighted by molar-refractivity contribution is 7.99. The molecular weight excluding hydrogens is 236 g/mol. The van der Waals surface area contributed by atoms with E-state index >= 15 is 0 Å². The van der Waals surface area contributed by atoms with Gasteiger partial charge < -0.3 is 9.47 Å². The van der Waals surface area contributed by atoms with Gasteiger partial charge in [0.2, 0.25) is 0 Å². The predicted molar refractivity (Wildman–Crippen MR) is 67.5 cm³/mol. The van der Waals surface area contributed by atoms with Gasteiger partial charge in [0, 0.05) is 25.6 Å². The van der Waals surface area contributed by atoms with E-state index in [1.54, 1.807) is 10.9 Å². The third-order valence-corrected chi connectivity index (χ3v) is 4.72. The van der Waals surface area contributed by atoms with Gasteiger partial charge in [-0.25, -0.2) is 0 Å². The Morgan fingerprint density at radius 3 is 3.29 bits per heavy atom. The van der Waals surface area contributed by atoms with Gasteiger partial charge in [0.15, 0.2) is 5.75 Å². The monoisotopic (exact) mass is 254 g/mol. The highest BCUT2D eigenvalue weighted by Gasteiger charge is 2.41. The van der Waals surface area contributed by atoms with E-state index in [2.05, 4.69) is 5.10 Å². The molecule has 4 nitrogen and oxygen atoms in total. The van der Waals surface area contributed by atoms with Crippen LogP contribution in [0.25, 0.3) is 0 Å². The van der Waals surface area contributed by atoms with Crippen molar-refractivity contribution in [3.8, 4) is 5.75 Å². The fourth-order valence-electron chi connectivity index (χ4n) is 2.60. The molecule has 2 atom stereocenters. The van der Waals surface area contributed by atoms with Crippen LogP contribution in [0.5, 0.6) is 5.75 Å². The van der Waals surface area contributed by atoms with Gasteiger partial charge in [0.25, 0.3) is 0 Å². The highest BCUT2D eigenvalue weighted by atomic mass is 32.2. The van der Waals surface area contributed by atoms with Crippen LogP contribution in [0, 0.1) is 0 Å². The lowest BCUT2D eigenvalue weighted by Gasteiger charge is -2.37. The Bertz CT molecular complexity index is 388. The Labute approximate surface area is 106 Å². The van der Waals surface area contributed by atoms with Crippen molar-refractivity contribution in [3.05, 3.63) is 12.4 Å². The van der Waals surface area contributed by atoms with Crippen LogP contribution < -0.4 is 4.74 Å². The van der Waals surface area contributed by atoms with E-state index in [4.69, 9.17) is 9.47 Å². The molecule has 3 heterocycles. The number of aromatic nitrogens is 2. The molecule has 2 fully saturated rings. The second kappa shape index (κ2) is 4.53. The van der Waals surface area contributed by atoms with Crippen molar-refractivity contribution in [2.45, 2.75) is 31.0 Å². The number of ether oxygens (including phenoxy) is 2. The van der Waals surface area contributed by atoms with Crippen molar-refractivity contribution < 1.29 is 9.47 Å². The molecule has 2 unspecified atom stereocenters. The summed E-state index contributed by atoms with van der Waals surface area (Å²) in [6.07, 6.45) is 7.17. The van der Waals surface area contributed by atoms with Crippen molar-refractivity contribution in [1.29, 1.82) is 0 Å². The summed E-state index contributed by atoms with van der Waals surface area (Å²) in [5.74, 6) is 3.22. The van der Waals surface area contributed by atoms with Crippen molar-refractivity contribution in [3.63, 3.8) is 0 Å². The molecule has 0 bridgehead atoms. The number of hydrogen-bond acceptors (Lipinski definition) is 4. The van der Waals surface area contributed by atoms with E-state index in [0.717, 1.165) is 31.0 Å². The van der Waals surface area contributed by atoms with Crippen LogP contribution in [0.1, 0.15) is 19.3 Å². The van der Waals surface area contributed by atoms with E-state index in [-0.39, 0.29) is 11.7 Å². The summed E-state index contributed by atoms with van der Waals surface area (Å²) in [6, 6.07) is 0. The quantitative estimate of drug-likeness (QED) is 0.807. The molecule has 0 aromatic carbocycles. The zero-order valence-corrected chi connectivity index (χ0v) is 10.9. The third kappa shape index (κ3) is 2.45. The first-order valence-electron chi connectivity index (χ1n) is 6.13. The minimum Gasteiger partial charge on any atom is -0.487 e. The lowest BCUT2D eigenvalue weighted by atomic mass is 9.91. The fourth-order valence-corrected chi connectivity index (χ4v) is 3.98. The number of nitrogens with zero attached hydrogens (tertiary/aromatic N) is 2. The summed E-state index contributed by atoms with van der Waals surface area (Å²) in [6.45, 7) is 0.825. The van der Waals surface area contributed by atoms with Crippen LogP contribution in [0.2, 0.25) is 0 Å². The number of aryl methyl sites for hydroxylation is 1. The number of thioether (sulfide) groups is 1. The van der Waals surface area contributed by atoms with Crippen molar-refractivity contribution in [2.24, 2.45) is 7.05 Å². The molecule has 5 heteroatoms. The van der Waals surface area contributed by atoms with Crippen LogP contribution in [-0.2, 0) is 11.8 Å². The van der Waals surface area contributed by atoms with Gasteiger partial charge in [-0.1, -0.05) is 0 Å². The molecule has 3 rings (SSSR count). The molecule has 0 radical (unpaired) electrons. The standard InChI is InChI=1S/C12H18N2O2S/c1-14-8-11(7-13-14)16-10-2-4-15-12(6-10)3-5-17-9-12/h7-8,10H,2-6,9H2,1H3. The molecule has 2 aliphatic heterocycles. The van der Waals surface area contributed by atoms with E-state index in [0.29, 0.717) is 0 Å². The molecular formula is C12H18N2O2S. The molecule has 0 amide bonds. The maximum absolute atomic E-state index is 5.99. The summed E-state index contributed by atoms with van der Waals surface area (Å²) in [5, 5.41) is 4.13. The minimum atomic E-state index is 0.0930. The Hall–Kier alpha value is -0.680. The van der Waals surface area contributed by atoms with Gasteiger partial charge in [-0.2, -0.15) is 16.9 Å². The van der Waals surface area contributed by atoms with Crippen molar-refractivity contribution in [2.75, 3.05) is 18.1 Å². The Morgan fingerprint density at radius 1 is 1.65 bits per heavy atom. The summed E-state index contributed by atoms with van der Waals surface area (Å²) in [5.41, 5.74) is 0.0930. The van der Waals surface area contributed by atoms with Gasteiger partial charge in [-0.15, -0.1) is 0 Å². The van der Waals surface area contributed by atoms with Gasteiger partial charge in [0.1, 0.15) is 6.10 Å². The van der Waals surface area contributed by atoms with Gasteiger partial charge in [0.05, 0.1) is 24.6 Å². The van der Waals surface area contributed by atoms with Crippen molar-refractivity contribution in [1.82, 2.24) is 9.78 Å². The average Bonchev–Trinajstić information content (AvgIpc) is 2.89. The highest BCUT2D eigenvalue weighted by Crippen LogP contribution is 2.39. The molecule has 2 saturated heterocycles. The Morgan fingerprint density at radius 2 is 2.59 bits per heavy atom. The molecule has 1 spiro atoms. The summed E-state index contributed by atoms with van der Waals surface area (Å²) < 4.78 is 13.7. The van der Waals surface area contributed by atoms with Gasteiger partial charge in [-0.3, -0.25) is 4.68 Å². The van der Waals surface area contributed by atoms with Crippen LogP contribution in [0.3, 0.4) is 0 Å². The molecule has 17 heavy (non-hydrogen) atoms. The smallest absolute Gasteiger partial charge is 0.157 e. The summed E-state index contributed by atoms with van der Waals surface area (Å²) >= 11 is 1.99. The molecule has 94 valence electrons. The van der Waals surface area contributed by atoms with E-state index in [9.17, 15) is 0 Å². The van der Waals surface area contributed by atoms with Crippen LogP contribution in [0.15, 0.2) is 12.4 Å².